The van der Waals surface area contributed by atoms with Gasteiger partial charge < -0.3 is 10.0 Å². The standard InChI is InChI=1S/C18H20N4OS/c1-11-12(2)24-18-16(11)17(20-10-21-18)22-8-14(15(23)9-22)7-13-3-5-19-6-4-13/h3-6,10,14-15,23H,7-9H2,1-2H3. The van der Waals surface area contributed by atoms with Crippen LogP contribution in [-0.4, -0.2) is 39.3 Å². The maximum absolute atomic E-state index is 10.5. The molecule has 5 nitrogen and oxygen atoms in total. The van der Waals surface area contributed by atoms with Gasteiger partial charge in [-0.05, 0) is 43.5 Å². The maximum atomic E-state index is 10.5. The van der Waals surface area contributed by atoms with Crippen LogP contribution in [0.15, 0.2) is 30.9 Å². The Labute approximate surface area is 145 Å². The zero-order valence-electron chi connectivity index (χ0n) is 13.8. The topological polar surface area (TPSA) is 62.1 Å². The molecule has 1 fully saturated rings. The average molecular weight is 340 g/mol. The van der Waals surface area contributed by atoms with Gasteiger partial charge in [0, 0.05) is 36.3 Å². The van der Waals surface area contributed by atoms with Crippen LogP contribution in [0.1, 0.15) is 16.0 Å². The molecule has 0 bridgehead atoms. The summed E-state index contributed by atoms with van der Waals surface area (Å²) in [7, 11) is 0. The van der Waals surface area contributed by atoms with Crippen LogP contribution < -0.4 is 4.90 Å². The molecule has 0 spiro atoms. The number of rotatable bonds is 3. The summed E-state index contributed by atoms with van der Waals surface area (Å²) in [5.74, 6) is 1.16. The van der Waals surface area contributed by atoms with Crippen LogP contribution >= 0.6 is 11.3 Å². The lowest BCUT2D eigenvalue weighted by molar-refractivity contribution is 0.148. The molecular formula is C18H20N4OS. The molecule has 3 aromatic rings. The quantitative estimate of drug-likeness (QED) is 0.794. The van der Waals surface area contributed by atoms with Crippen LogP contribution in [0.2, 0.25) is 0 Å². The lowest BCUT2D eigenvalue weighted by atomic mass is 9.97. The van der Waals surface area contributed by atoms with Crippen molar-refractivity contribution >= 4 is 27.4 Å². The summed E-state index contributed by atoms with van der Waals surface area (Å²) in [4.78, 5) is 17.5. The van der Waals surface area contributed by atoms with Gasteiger partial charge in [-0.3, -0.25) is 4.98 Å². The Morgan fingerprint density at radius 3 is 2.79 bits per heavy atom. The monoisotopic (exact) mass is 340 g/mol. The highest BCUT2D eigenvalue weighted by Gasteiger charge is 2.33. The predicted molar refractivity (Wildman–Crippen MR) is 96.5 cm³/mol. The number of nitrogens with zero attached hydrogens (tertiary/aromatic N) is 4. The van der Waals surface area contributed by atoms with Crippen LogP contribution in [0.3, 0.4) is 0 Å². The highest BCUT2D eigenvalue weighted by atomic mass is 32.1. The third kappa shape index (κ3) is 2.65. The van der Waals surface area contributed by atoms with Crippen molar-refractivity contribution in [1.82, 2.24) is 15.0 Å². The van der Waals surface area contributed by atoms with Crippen molar-refractivity contribution in [2.75, 3.05) is 18.0 Å². The number of hydrogen-bond acceptors (Lipinski definition) is 6. The second kappa shape index (κ2) is 6.11. The van der Waals surface area contributed by atoms with Crippen LogP contribution in [0, 0.1) is 19.8 Å². The van der Waals surface area contributed by atoms with Crippen molar-refractivity contribution < 1.29 is 5.11 Å². The third-order valence-corrected chi connectivity index (χ3v) is 6.01. The van der Waals surface area contributed by atoms with E-state index >= 15 is 0 Å². The fourth-order valence-electron chi connectivity index (χ4n) is 3.45. The Morgan fingerprint density at radius 1 is 1.21 bits per heavy atom. The molecule has 6 heteroatoms. The Balaban J connectivity index is 1.62. The summed E-state index contributed by atoms with van der Waals surface area (Å²) in [6.45, 7) is 5.68. The minimum atomic E-state index is -0.344. The van der Waals surface area contributed by atoms with Crippen LogP contribution in [-0.2, 0) is 6.42 Å². The molecule has 1 saturated heterocycles. The molecule has 1 N–H and O–H groups in total. The van der Waals surface area contributed by atoms with Crippen LogP contribution in [0.5, 0.6) is 0 Å². The largest absolute Gasteiger partial charge is 0.391 e. The van der Waals surface area contributed by atoms with Gasteiger partial charge in [-0.15, -0.1) is 11.3 Å². The molecule has 2 unspecified atom stereocenters. The van der Waals surface area contributed by atoms with E-state index in [9.17, 15) is 5.11 Å². The number of aliphatic hydroxyl groups is 1. The van der Waals surface area contributed by atoms with E-state index < -0.39 is 0 Å². The summed E-state index contributed by atoms with van der Waals surface area (Å²) in [6.07, 6.45) is 5.76. The number of β-amino-alcohol motifs (C(OH)–C–C–N with tert-alkyl or cyclic N) is 1. The van der Waals surface area contributed by atoms with E-state index in [0.29, 0.717) is 6.54 Å². The number of fused-ring (bicyclic) bond motifs is 1. The van der Waals surface area contributed by atoms with E-state index in [2.05, 4.69) is 33.7 Å². The summed E-state index contributed by atoms with van der Waals surface area (Å²) in [5.41, 5.74) is 2.46. The lowest BCUT2D eigenvalue weighted by Crippen LogP contribution is -2.22. The number of aromatic nitrogens is 3. The van der Waals surface area contributed by atoms with Gasteiger partial charge in [-0.25, -0.2) is 9.97 Å². The lowest BCUT2D eigenvalue weighted by Gasteiger charge is -2.18. The van der Waals surface area contributed by atoms with Gasteiger partial charge in [0.2, 0.25) is 0 Å². The molecule has 1 aliphatic rings. The molecule has 1 aliphatic heterocycles. The van der Waals surface area contributed by atoms with E-state index in [0.717, 1.165) is 29.0 Å². The molecule has 0 aromatic carbocycles. The highest BCUT2D eigenvalue weighted by Crippen LogP contribution is 2.36. The first-order valence-corrected chi connectivity index (χ1v) is 8.97. The fourth-order valence-corrected chi connectivity index (χ4v) is 4.44. The zero-order chi connectivity index (χ0) is 16.7. The van der Waals surface area contributed by atoms with E-state index in [1.165, 1.54) is 16.0 Å². The molecule has 0 saturated carbocycles. The van der Waals surface area contributed by atoms with Gasteiger partial charge in [0.05, 0.1) is 11.5 Å². The summed E-state index contributed by atoms with van der Waals surface area (Å²) < 4.78 is 0. The third-order valence-electron chi connectivity index (χ3n) is 4.90. The molecule has 4 heterocycles. The number of thiophene rings is 1. The van der Waals surface area contributed by atoms with Gasteiger partial charge >= 0.3 is 0 Å². The Kier molecular flexibility index (Phi) is 3.94. The van der Waals surface area contributed by atoms with Crippen LogP contribution in [0.4, 0.5) is 5.82 Å². The second-order valence-corrected chi connectivity index (χ2v) is 7.66. The normalized spacial score (nSPS) is 20.9. The molecule has 24 heavy (non-hydrogen) atoms. The van der Waals surface area contributed by atoms with Crippen molar-refractivity contribution in [1.29, 1.82) is 0 Å². The van der Waals surface area contributed by atoms with Crippen molar-refractivity contribution in [2.24, 2.45) is 5.92 Å². The van der Waals surface area contributed by atoms with Crippen molar-refractivity contribution in [2.45, 2.75) is 26.4 Å². The fraction of sp³-hybridized carbons (Fsp3) is 0.389. The van der Waals surface area contributed by atoms with Gasteiger partial charge in [-0.1, -0.05) is 0 Å². The van der Waals surface area contributed by atoms with Gasteiger partial charge in [0.15, 0.2) is 0 Å². The number of hydrogen-bond donors (Lipinski definition) is 1. The first kappa shape index (κ1) is 15.5. The van der Waals surface area contributed by atoms with E-state index in [1.807, 2.05) is 12.1 Å². The second-order valence-electron chi connectivity index (χ2n) is 6.45. The maximum Gasteiger partial charge on any atom is 0.141 e. The average Bonchev–Trinajstić information content (AvgIpc) is 3.09. The summed E-state index contributed by atoms with van der Waals surface area (Å²) in [6, 6.07) is 4.04. The zero-order valence-corrected chi connectivity index (χ0v) is 14.6. The smallest absolute Gasteiger partial charge is 0.141 e. The Bertz CT molecular complexity index is 864. The van der Waals surface area contributed by atoms with E-state index in [-0.39, 0.29) is 12.0 Å². The van der Waals surface area contributed by atoms with E-state index in [4.69, 9.17) is 0 Å². The minimum absolute atomic E-state index is 0.206. The number of aliphatic hydroxyl groups excluding tert-OH is 1. The Morgan fingerprint density at radius 2 is 2.00 bits per heavy atom. The number of pyridine rings is 1. The van der Waals surface area contributed by atoms with Gasteiger partial charge in [-0.2, -0.15) is 0 Å². The SMILES string of the molecule is Cc1sc2ncnc(N3CC(O)C(Cc4ccncc4)C3)c2c1C. The predicted octanol–water partition coefficient (Wildman–Crippen LogP) is 2.74. The number of anilines is 1. The molecule has 0 amide bonds. The van der Waals surface area contributed by atoms with E-state index in [1.54, 1.807) is 30.1 Å². The molecule has 2 atom stereocenters. The molecule has 0 aliphatic carbocycles. The molecule has 3 aromatic heterocycles. The highest BCUT2D eigenvalue weighted by molar-refractivity contribution is 7.18. The molecule has 124 valence electrons. The first-order valence-electron chi connectivity index (χ1n) is 8.16. The summed E-state index contributed by atoms with van der Waals surface area (Å²) >= 11 is 1.71. The minimum Gasteiger partial charge on any atom is -0.391 e. The van der Waals surface area contributed by atoms with Crippen molar-refractivity contribution in [3.8, 4) is 0 Å². The van der Waals surface area contributed by atoms with Crippen molar-refractivity contribution in [3.63, 3.8) is 0 Å². The molecule has 0 radical (unpaired) electrons. The summed E-state index contributed by atoms with van der Waals surface area (Å²) in [5, 5.41) is 11.7. The van der Waals surface area contributed by atoms with Gasteiger partial charge in [0.1, 0.15) is 17.0 Å². The number of aryl methyl sites for hydroxylation is 2. The molecule has 4 rings (SSSR count). The Hall–Kier alpha value is -2.05. The van der Waals surface area contributed by atoms with Crippen LogP contribution in [0.25, 0.3) is 10.2 Å². The first-order chi connectivity index (χ1) is 11.6. The van der Waals surface area contributed by atoms with Gasteiger partial charge in [0.25, 0.3) is 0 Å². The molecular weight excluding hydrogens is 320 g/mol. The van der Waals surface area contributed by atoms with Crippen molar-refractivity contribution in [3.05, 3.63) is 46.9 Å².